The Morgan fingerprint density at radius 1 is 1.18 bits per heavy atom. The first-order valence-corrected chi connectivity index (χ1v) is 13.2. The van der Waals surface area contributed by atoms with E-state index in [0.29, 0.717) is 28.9 Å². The Balaban J connectivity index is 1.67. The lowest BCUT2D eigenvalue weighted by Crippen LogP contribution is -2.57. The fourth-order valence-electron chi connectivity index (χ4n) is 6.20. The van der Waals surface area contributed by atoms with Crippen molar-refractivity contribution >= 4 is 17.5 Å². The number of aliphatic hydroxyl groups is 3. The molecule has 1 aromatic carbocycles. The molecule has 0 aliphatic heterocycles. The van der Waals surface area contributed by atoms with Gasteiger partial charge in [0.1, 0.15) is 22.8 Å². The third kappa shape index (κ3) is 4.28. The molecule has 210 valence electrons. The summed E-state index contributed by atoms with van der Waals surface area (Å²) in [7, 11) is 0. The van der Waals surface area contributed by atoms with Crippen molar-refractivity contribution in [3.8, 4) is 17.0 Å². The van der Waals surface area contributed by atoms with Crippen LogP contribution in [0.1, 0.15) is 55.1 Å². The molecule has 3 aliphatic carbocycles. The second-order valence-electron chi connectivity index (χ2n) is 12.1. The van der Waals surface area contributed by atoms with E-state index in [9.17, 15) is 34.8 Å². The molecule has 2 aromatic rings. The number of nitrogens with two attached hydrogens (primary N) is 1. The standard InChI is InChI=1S/C30H33N3O7/c1-29(2,3)13-32-12-15-10-17(19-6-4-5-7-33-19)18-9-14-8-16-11-20(34)23(28(31)39)27(38)30(16,40)26(37)21(14)25(36)22(18)24(15)35/h4-7,10,14,16,32,34-35,37,40H,8-9,11-13H2,1-3H3,(H2,31,39)/t14-,16+,30+/m1/s1. The summed E-state index contributed by atoms with van der Waals surface area (Å²) in [4.78, 5) is 43.6. The van der Waals surface area contributed by atoms with Crippen molar-refractivity contribution in [1.82, 2.24) is 10.3 Å². The van der Waals surface area contributed by atoms with E-state index in [1.54, 1.807) is 18.3 Å². The summed E-state index contributed by atoms with van der Waals surface area (Å²) in [6, 6.07) is 7.21. The van der Waals surface area contributed by atoms with Gasteiger partial charge in [-0.15, -0.1) is 0 Å². The minimum Gasteiger partial charge on any atom is -0.511 e. The molecule has 3 aliphatic rings. The van der Waals surface area contributed by atoms with Gasteiger partial charge in [-0.05, 0) is 47.9 Å². The van der Waals surface area contributed by atoms with Crippen molar-refractivity contribution in [2.24, 2.45) is 23.0 Å². The minimum absolute atomic E-state index is 0.0210. The Kier molecular flexibility index (Phi) is 6.59. The number of phenols is 1. The predicted molar refractivity (Wildman–Crippen MR) is 145 cm³/mol. The first kappa shape index (κ1) is 27.5. The van der Waals surface area contributed by atoms with Crippen molar-refractivity contribution in [1.29, 1.82) is 0 Å². The number of primary amides is 1. The highest BCUT2D eigenvalue weighted by Gasteiger charge is 2.59. The number of rotatable bonds is 5. The lowest BCUT2D eigenvalue weighted by Gasteiger charge is -2.45. The molecule has 0 spiro atoms. The molecule has 7 N–H and O–H groups in total. The number of carbonyl (C=O) groups excluding carboxylic acids is 3. The maximum atomic E-state index is 14.1. The van der Waals surface area contributed by atoms with E-state index in [1.165, 1.54) is 0 Å². The van der Waals surface area contributed by atoms with Gasteiger partial charge in [-0.25, -0.2) is 0 Å². The number of fused-ring (bicyclic) bond motifs is 3. The van der Waals surface area contributed by atoms with Crippen LogP contribution in [0.2, 0.25) is 0 Å². The topological polar surface area (TPSA) is 183 Å². The second-order valence-corrected chi connectivity index (χ2v) is 12.1. The normalized spacial score (nSPS) is 24.5. The summed E-state index contributed by atoms with van der Waals surface area (Å²) in [5, 5.41) is 47.8. The van der Waals surface area contributed by atoms with Crippen LogP contribution in [0.25, 0.3) is 11.3 Å². The van der Waals surface area contributed by atoms with Crippen molar-refractivity contribution in [2.75, 3.05) is 6.54 Å². The Labute approximate surface area is 231 Å². The van der Waals surface area contributed by atoms with Gasteiger partial charge in [0.25, 0.3) is 5.91 Å². The van der Waals surface area contributed by atoms with E-state index in [2.05, 4.69) is 31.1 Å². The molecule has 0 unspecified atom stereocenters. The number of hydrogen-bond donors (Lipinski definition) is 6. The van der Waals surface area contributed by atoms with Crippen LogP contribution in [0.4, 0.5) is 0 Å². The van der Waals surface area contributed by atoms with Crippen molar-refractivity contribution < 1.29 is 34.8 Å². The molecular formula is C30H33N3O7. The predicted octanol–water partition coefficient (Wildman–Crippen LogP) is 2.78. The molecule has 5 rings (SSSR count). The molecule has 40 heavy (non-hydrogen) atoms. The van der Waals surface area contributed by atoms with Crippen LogP contribution in [0.15, 0.2) is 53.1 Å². The molecule has 0 fully saturated rings. The number of carbonyl (C=O) groups is 3. The van der Waals surface area contributed by atoms with Crippen LogP contribution in [0, 0.1) is 17.3 Å². The molecule has 0 saturated heterocycles. The number of pyridine rings is 1. The summed E-state index contributed by atoms with van der Waals surface area (Å²) in [6.45, 7) is 7.10. The molecule has 0 bridgehead atoms. The molecular weight excluding hydrogens is 514 g/mol. The number of allylic oxidation sites excluding steroid dienone is 2. The van der Waals surface area contributed by atoms with Crippen molar-refractivity contribution in [3.05, 3.63) is 69.8 Å². The zero-order chi connectivity index (χ0) is 29.1. The number of nitrogens with zero attached hydrogens (tertiary/aromatic N) is 1. The Morgan fingerprint density at radius 2 is 1.90 bits per heavy atom. The fraction of sp³-hybridized carbons (Fsp3) is 0.400. The zero-order valence-electron chi connectivity index (χ0n) is 22.6. The Bertz CT molecular complexity index is 1500. The molecule has 0 radical (unpaired) electrons. The number of hydrogen-bond acceptors (Lipinski definition) is 9. The van der Waals surface area contributed by atoms with Gasteiger partial charge in [-0.3, -0.25) is 19.4 Å². The smallest absolute Gasteiger partial charge is 0.255 e. The van der Waals surface area contributed by atoms with Gasteiger partial charge < -0.3 is 31.5 Å². The van der Waals surface area contributed by atoms with Gasteiger partial charge in [0.2, 0.25) is 5.78 Å². The third-order valence-electron chi connectivity index (χ3n) is 8.05. The van der Waals surface area contributed by atoms with Gasteiger partial charge in [0, 0.05) is 48.3 Å². The van der Waals surface area contributed by atoms with E-state index in [1.807, 2.05) is 12.1 Å². The first-order chi connectivity index (χ1) is 18.8. The monoisotopic (exact) mass is 547 g/mol. The maximum Gasteiger partial charge on any atom is 0.255 e. The van der Waals surface area contributed by atoms with Crippen LogP contribution in [0.5, 0.6) is 5.75 Å². The van der Waals surface area contributed by atoms with Crippen LogP contribution >= 0.6 is 0 Å². The molecule has 3 atom stereocenters. The largest absolute Gasteiger partial charge is 0.511 e. The summed E-state index contributed by atoms with van der Waals surface area (Å²) < 4.78 is 0. The van der Waals surface area contributed by atoms with Gasteiger partial charge in [0.15, 0.2) is 11.4 Å². The molecule has 10 nitrogen and oxygen atoms in total. The Morgan fingerprint density at radius 3 is 2.52 bits per heavy atom. The van der Waals surface area contributed by atoms with Gasteiger partial charge in [0.05, 0.1) is 11.3 Å². The van der Waals surface area contributed by atoms with Crippen LogP contribution in [-0.2, 0) is 22.6 Å². The fourth-order valence-corrected chi connectivity index (χ4v) is 6.20. The second kappa shape index (κ2) is 9.57. The third-order valence-corrected chi connectivity index (χ3v) is 8.05. The van der Waals surface area contributed by atoms with E-state index in [4.69, 9.17) is 5.73 Å². The number of phenolic OH excluding ortho intramolecular Hbond substituents is 1. The number of benzene rings is 1. The highest BCUT2D eigenvalue weighted by molar-refractivity contribution is 6.24. The van der Waals surface area contributed by atoms with Gasteiger partial charge in [-0.2, -0.15) is 0 Å². The first-order valence-electron chi connectivity index (χ1n) is 13.2. The van der Waals surface area contributed by atoms with Gasteiger partial charge >= 0.3 is 0 Å². The number of amides is 1. The van der Waals surface area contributed by atoms with E-state index in [0.717, 1.165) is 0 Å². The van der Waals surface area contributed by atoms with Crippen molar-refractivity contribution in [3.63, 3.8) is 0 Å². The minimum atomic E-state index is -2.60. The number of ketones is 2. The average Bonchev–Trinajstić information content (AvgIpc) is 2.87. The van der Waals surface area contributed by atoms with Gasteiger partial charge in [-0.1, -0.05) is 26.8 Å². The van der Waals surface area contributed by atoms with Crippen LogP contribution in [0.3, 0.4) is 0 Å². The molecule has 0 saturated carbocycles. The summed E-state index contributed by atoms with van der Waals surface area (Å²) in [5.74, 6) is -6.46. The molecule has 10 heteroatoms. The lowest BCUT2D eigenvalue weighted by atomic mass is 9.60. The molecule has 1 aromatic heterocycles. The van der Waals surface area contributed by atoms with E-state index >= 15 is 0 Å². The van der Waals surface area contributed by atoms with Crippen LogP contribution in [-0.4, -0.2) is 55.0 Å². The highest BCUT2D eigenvalue weighted by atomic mass is 16.3. The van der Waals surface area contributed by atoms with E-state index < -0.39 is 52.0 Å². The van der Waals surface area contributed by atoms with Crippen LogP contribution < -0.4 is 11.1 Å². The number of aromatic hydroxyl groups is 1. The quantitative estimate of drug-likeness (QED) is 0.306. The van der Waals surface area contributed by atoms with Crippen molar-refractivity contribution in [2.45, 2.75) is 52.2 Å². The Hall–Kier alpha value is -4.02. The highest BCUT2D eigenvalue weighted by Crippen LogP contribution is 2.52. The summed E-state index contributed by atoms with van der Waals surface area (Å²) in [6.07, 6.45) is 1.64. The number of aliphatic hydroxyl groups excluding tert-OH is 2. The molecule has 1 heterocycles. The van der Waals surface area contributed by atoms with E-state index in [-0.39, 0.29) is 48.1 Å². The average molecular weight is 548 g/mol. The maximum absolute atomic E-state index is 14.1. The number of aromatic nitrogens is 1. The summed E-state index contributed by atoms with van der Waals surface area (Å²) >= 11 is 0. The lowest BCUT2D eigenvalue weighted by molar-refractivity contribution is -0.144. The SMILES string of the molecule is CC(C)(C)CNCc1cc(-c2ccccn2)c2c(c1O)C(=O)C1=C(O)[C@]3(O)C(=O)C(C(N)=O)=C(O)C[C@@H]3C[C@@H]1C2. The number of Topliss-reactive ketones (excluding diaryl/α,β-unsaturated/α-hetero) is 2. The molecule has 1 amide bonds. The number of nitrogens with one attached hydrogen (secondary N) is 1. The summed E-state index contributed by atoms with van der Waals surface area (Å²) in [5.41, 5.74) is 3.92. The zero-order valence-corrected chi connectivity index (χ0v) is 22.6.